The number of carbonyl (C=O) groups is 3. The Morgan fingerprint density at radius 2 is 0.927 bits per heavy atom. The second-order valence-electron chi connectivity index (χ2n) is 10.0. The van der Waals surface area contributed by atoms with Gasteiger partial charge in [-0.05, 0) is 44.5 Å². The van der Waals surface area contributed by atoms with Crippen LogP contribution >= 0.6 is 0 Å². The number of imide groups is 1. The largest absolute Gasteiger partial charge is 0.480 e. The van der Waals surface area contributed by atoms with Crippen molar-refractivity contribution in [2.45, 2.75) is 17.9 Å². The average molecular weight is 550 g/mol. The smallest absolute Gasteiger partial charge is 0.420 e. The molecule has 8 nitrogen and oxygen atoms in total. The second-order valence-corrected chi connectivity index (χ2v) is 10.0. The van der Waals surface area contributed by atoms with Crippen LogP contribution in [0.5, 0.6) is 0 Å². The van der Waals surface area contributed by atoms with Crippen LogP contribution in [0.2, 0.25) is 0 Å². The molecular formula is C33H27NO7. The Balaban J connectivity index is 1.21. The quantitative estimate of drug-likeness (QED) is 0.307. The van der Waals surface area contributed by atoms with E-state index in [0.717, 1.165) is 44.5 Å². The number of fused-ring (bicyclic) bond motifs is 6. The van der Waals surface area contributed by atoms with Gasteiger partial charge in [0.05, 0.1) is 6.61 Å². The van der Waals surface area contributed by atoms with E-state index in [-0.39, 0.29) is 25.0 Å². The molecule has 0 spiro atoms. The number of aliphatic hydroxyl groups excluding tert-OH is 1. The molecule has 2 amide bonds. The Kier molecular flexibility index (Phi) is 6.99. The van der Waals surface area contributed by atoms with Gasteiger partial charge in [0.15, 0.2) is 6.04 Å². The number of carbonyl (C=O) groups excluding carboxylic acids is 2. The number of benzene rings is 4. The molecule has 1 atom stereocenters. The molecule has 0 aromatic heterocycles. The van der Waals surface area contributed by atoms with Gasteiger partial charge in [0.25, 0.3) is 0 Å². The molecule has 0 fully saturated rings. The zero-order valence-corrected chi connectivity index (χ0v) is 22.0. The molecule has 0 bridgehead atoms. The number of aliphatic carboxylic acids is 1. The highest BCUT2D eigenvalue weighted by atomic mass is 16.6. The minimum Gasteiger partial charge on any atom is -0.480 e. The summed E-state index contributed by atoms with van der Waals surface area (Å²) in [6.45, 7) is -1.25. The maximum atomic E-state index is 13.3. The van der Waals surface area contributed by atoms with E-state index in [9.17, 15) is 24.6 Å². The molecule has 4 aromatic rings. The molecular weight excluding hydrogens is 522 g/mol. The van der Waals surface area contributed by atoms with Crippen LogP contribution < -0.4 is 0 Å². The molecule has 0 aliphatic heterocycles. The maximum Gasteiger partial charge on any atom is 0.420 e. The summed E-state index contributed by atoms with van der Waals surface area (Å²) in [5, 5.41) is 19.5. The first-order valence-corrected chi connectivity index (χ1v) is 13.3. The first-order chi connectivity index (χ1) is 20.0. The van der Waals surface area contributed by atoms with Gasteiger partial charge in [-0.2, -0.15) is 4.90 Å². The summed E-state index contributed by atoms with van der Waals surface area (Å²) in [5.74, 6) is -2.16. The van der Waals surface area contributed by atoms with E-state index in [1.54, 1.807) is 0 Å². The highest BCUT2D eigenvalue weighted by Gasteiger charge is 2.39. The lowest BCUT2D eigenvalue weighted by atomic mass is 9.98. The van der Waals surface area contributed by atoms with E-state index in [4.69, 9.17) is 9.47 Å². The Morgan fingerprint density at radius 1 is 0.610 bits per heavy atom. The number of hydrogen-bond acceptors (Lipinski definition) is 6. The molecule has 0 heterocycles. The first-order valence-electron chi connectivity index (χ1n) is 13.3. The number of nitrogens with zero attached hydrogens (tertiary/aromatic N) is 1. The van der Waals surface area contributed by atoms with E-state index >= 15 is 0 Å². The van der Waals surface area contributed by atoms with Crippen LogP contribution in [0.25, 0.3) is 22.3 Å². The van der Waals surface area contributed by atoms with Gasteiger partial charge in [-0.25, -0.2) is 14.4 Å². The number of hydrogen-bond donors (Lipinski definition) is 2. The summed E-state index contributed by atoms with van der Waals surface area (Å²) in [6.07, 6.45) is -2.41. The van der Waals surface area contributed by atoms with Gasteiger partial charge in [0, 0.05) is 11.8 Å². The number of carboxylic acid groups (broad SMARTS) is 1. The summed E-state index contributed by atoms with van der Waals surface area (Å²) in [5.41, 5.74) is 7.95. The fourth-order valence-electron chi connectivity index (χ4n) is 5.93. The van der Waals surface area contributed by atoms with Crippen molar-refractivity contribution in [1.29, 1.82) is 0 Å². The minimum absolute atomic E-state index is 0.127. The summed E-state index contributed by atoms with van der Waals surface area (Å²) in [4.78, 5) is 38.9. The van der Waals surface area contributed by atoms with Gasteiger partial charge < -0.3 is 19.7 Å². The molecule has 2 N–H and O–H groups in total. The first kappa shape index (κ1) is 26.3. The fourth-order valence-corrected chi connectivity index (χ4v) is 5.93. The van der Waals surface area contributed by atoms with Crippen LogP contribution in [-0.2, 0) is 14.3 Å². The monoisotopic (exact) mass is 549 g/mol. The predicted molar refractivity (Wildman–Crippen MR) is 150 cm³/mol. The summed E-state index contributed by atoms with van der Waals surface area (Å²) in [7, 11) is 0. The molecule has 8 heteroatoms. The molecule has 0 saturated heterocycles. The lowest BCUT2D eigenvalue weighted by molar-refractivity contribution is -0.143. The van der Waals surface area contributed by atoms with Crippen molar-refractivity contribution in [3.8, 4) is 22.3 Å². The Hall–Kier alpha value is -4.95. The fraction of sp³-hybridized carbons (Fsp3) is 0.182. The van der Waals surface area contributed by atoms with Gasteiger partial charge in [0.2, 0.25) is 0 Å². The van der Waals surface area contributed by atoms with Crippen LogP contribution in [0.4, 0.5) is 9.59 Å². The van der Waals surface area contributed by atoms with Crippen LogP contribution in [0.1, 0.15) is 34.1 Å². The van der Waals surface area contributed by atoms with Crippen molar-refractivity contribution in [2.75, 3.05) is 19.8 Å². The molecule has 0 radical (unpaired) electrons. The van der Waals surface area contributed by atoms with Crippen LogP contribution in [0, 0.1) is 0 Å². The molecule has 0 unspecified atom stereocenters. The Bertz CT molecular complexity index is 1450. The zero-order valence-electron chi connectivity index (χ0n) is 22.0. The van der Waals surface area contributed by atoms with Crippen LogP contribution in [0.15, 0.2) is 97.1 Å². The third-order valence-corrected chi connectivity index (χ3v) is 7.84. The van der Waals surface area contributed by atoms with Crippen molar-refractivity contribution in [3.63, 3.8) is 0 Å². The third kappa shape index (κ3) is 4.62. The SMILES string of the molecule is O=C(O)[C@H](CO)N(C(=O)OCC1c2ccccc2-c2ccccc21)C(=O)OCC1c2ccccc2-c2ccccc21. The predicted octanol–water partition coefficient (Wildman–Crippen LogP) is 5.63. The van der Waals surface area contributed by atoms with Gasteiger partial charge in [-0.3, -0.25) is 0 Å². The van der Waals surface area contributed by atoms with E-state index < -0.39 is 30.8 Å². The Labute approximate surface area is 236 Å². The molecule has 41 heavy (non-hydrogen) atoms. The number of rotatable bonds is 7. The van der Waals surface area contributed by atoms with E-state index in [2.05, 4.69) is 0 Å². The van der Waals surface area contributed by atoms with Crippen molar-refractivity contribution in [1.82, 2.24) is 4.90 Å². The number of carboxylic acids is 1. The van der Waals surface area contributed by atoms with Crippen LogP contribution in [-0.4, -0.2) is 59.1 Å². The molecule has 2 aliphatic carbocycles. The zero-order chi connectivity index (χ0) is 28.5. The molecule has 206 valence electrons. The molecule has 0 saturated carbocycles. The maximum absolute atomic E-state index is 13.3. The number of ether oxygens (including phenoxy) is 2. The summed E-state index contributed by atoms with van der Waals surface area (Å²) < 4.78 is 11.1. The van der Waals surface area contributed by atoms with E-state index in [0.29, 0.717) is 4.90 Å². The highest BCUT2D eigenvalue weighted by Crippen LogP contribution is 2.45. The minimum atomic E-state index is -1.87. The summed E-state index contributed by atoms with van der Waals surface area (Å²) >= 11 is 0. The van der Waals surface area contributed by atoms with Crippen LogP contribution in [0.3, 0.4) is 0 Å². The van der Waals surface area contributed by atoms with Gasteiger partial charge >= 0.3 is 18.2 Å². The normalized spacial score (nSPS) is 13.9. The lowest BCUT2D eigenvalue weighted by Crippen LogP contribution is -2.51. The van der Waals surface area contributed by atoms with Crippen molar-refractivity contribution >= 4 is 18.2 Å². The standard InChI is InChI=1S/C33H27NO7/c35-17-30(31(36)37)34(32(38)40-18-28-24-13-5-1-9-20(24)21-10-2-6-14-25(21)28)33(39)41-19-29-26-15-7-3-11-22(26)23-12-4-8-16-27(23)29/h1-16,28-30,35H,17-19H2,(H,36,37)/t30-/m0/s1. The highest BCUT2D eigenvalue weighted by molar-refractivity contribution is 5.93. The topological polar surface area (TPSA) is 113 Å². The molecule has 2 aliphatic rings. The lowest BCUT2D eigenvalue weighted by Gasteiger charge is -2.26. The molecule has 6 rings (SSSR count). The van der Waals surface area contributed by atoms with Crippen molar-refractivity contribution in [2.24, 2.45) is 0 Å². The second kappa shape index (κ2) is 10.9. The van der Waals surface area contributed by atoms with Gasteiger partial charge in [0.1, 0.15) is 13.2 Å². The van der Waals surface area contributed by atoms with Crippen molar-refractivity contribution in [3.05, 3.63) is 119 Å². The average Bonchev–Trinajstić information content (AvgIpc) is 3.49. The van der Waals surface area contributed by atoms with E-state index in [1.807, 2.05) is 97.1 Å². The summed E-state index contributed by atoms with van der Waals surface area (Å²) in [6, 6.07) is 29.2. The van der Waals surface area contributed by atoms with Gasteiger partial charge in [-0.1, -0.05) is 97.1 Å². The molecule has 4 aromatic carbocycles. The van der Waals surface area contributed by atoms with E-state index in [1.165, 1.54) is 0 Å². The Morgan fingerprint density at radius 3 is 1.22 bits per heavy atom. The van der Waals surface area contributed by atoms with Gasteiger partial charge in [-0.15, -0.1) is 0 Å². The number of aliphatic hydroxyl groups is 1. The van der Waals surface area contributed by atoms with Crippen molar-refractivity contribution < 1.29 is 34.1 Å². The number of amides is 2. The third-order valence-electron chi connectivity index (χ3n) is 7.84.